The van der Waals surface area contributed by atoms with Gasteiger partial charge in [0.2, 0.25) is 11.7 Å². The maximum Gasteiger partial charge on any atom is 0.277 e. The van der Waals surface area contributed by atoms with Gasteiger partial charge in [-0.2, -0.15) is 10.1 Å². The van der Waals surface area contributed by atoms with Gasteiger partial charge < -0.3 is 23.3 Å². The predicted molar refractivity (Wildman–Crippen MR) is 123 cm³/mol. The Labute approximate surface area is 193 Å². The van der Waals surface area contributed by atoms with Crippen molar-refractivity contribution < 1.29 is 18.7 Å². The van der Waals surface area contributed by atoms with Crippen LogP contribution in [0.15, 0.2) is 70.2 Å². The van der Waals surface area contributed by atoms with Gasteiger partial charge in [-0.3, -0.25) is 4.79 Å². The van der Waals surface area contributed by atoms with Crippen LogP contribution in [0.4, 0.5) is 0 Å². The highest BCUT2D eigenvalue weighted by Gasteiger charge is 2.15. The molecule has 0 aliphatic rings. The third-order valence-electron chi connectivity index (χ3n) is 5.40. The first-order chi connectivity index (χ1) is 16.6. The second-order valence-corrected chi connectivity index (χ2v) is 7.40. The molecule has 0 spiro atoms. The van der Waals surface area contributed by atoms with Crippen molar-refractivity contribution in [3.05, 3.63) is 77.2 Å². The lowest BCUT2D eigenvalue weighted by atomic mass is 10.1. The lowest BCUT2D eigenvalue weighted by Gasteiger charge is -2.07. The molecule has 0 amide bonds. The number of hydrogen-bond donors (Lipinski definition) is 0. The fourth-order valence-electron chi connectivity index (χ4n) is 3.61. The van der Waals surface area contributed by atoms with E-state index < -0.39 is 0 Å². The van der Waals surface area contributed by atoms with Crippen LogP contribution in [0.1, 0.15) is 5.89 Å². The molecule has 0 atom stereocenters. The van der Waals surface area contributed by atoms with Gasteiger partial charge in [0.15, 0.2) is 11.5 Å². The Balaban J connectivity index is 1.42. The number of benzene rings is 2. The van der Waals surface area contributed by atoms with Gasteiger partial charge in [-0.1, -0.05) is 5.16 Å². The van der Waals surface area contributed by atoms with Crippen molar-refractivity contribution in [1.82, 2.24) is 24.3 Å². The van der Waals surface area contributed by atoms with Crippen LogP contribution in [0.3, 0.4) is 0 Å². The summed E-state index contributed by atoms with van der Waals surface area (Å²) in [5.74, 6) is 2.59. The van der Waals surface area contributed by atoms with Gasteiger partial charge in [0.25, 0.3) is 5.56 Å². The Hall–Kier alpha value is -4.60. The molecule has 0 radical (unpaired) electrons. The Morgan fingerprint density at radius 2 is 1.65 bits per heavy atom. The van der Waals surface area contributed by atoms with Gasteiger partial charge in [-0.25, -0.2) is 4.52 Å². The molecule has 0 fully saturated rings. The number of rotatable bonds is 7. The summed E-state index contributed by atoms with van der Waals surface area (Å²) in [6.45, 7) is 0.124. The van der Waals surface area contributed by atoms with Crippen LogP contribution in [0.5, 0.6) is 17.2 Å². The van der Waals surface area contributed by atoms with Crippen molar-refractivity contribution in [3.63, 3.8) is 0 Å². The fraction of sp³-hybridized carbons (Fsp3) is 0.167. The third kappa shape index (κ3) is 3.85. The summed E-state index contributed by atoms with van der Waals surface area (Å²) in [5, 5.41) is 8.55. The van der Waals surface area contributed by atoms with Crippen LogP contribution in [0, 0.1) is 0 Å². The Bertz CT molecular complexity index is 1520. The van der Waals surface area contributed by atoms with Crippen LogP contribution in [-0.2, 0) is 6.54 Å². The lowest BCUT2D eigenvalue weighted by Crippen LogP contribution is -2.21. The van der Waals surface area contributed by atoms with E-state index in [1.54, 1.807) is 62.5 Å². The fourth-order valence-corrected chi connectivity index (χ4v) is 3.61. The first-order valence-corrected chi connectivity index (χ1v) is 10.4. The Kier molecular flexibility index (Phi) is 5.46. The maximum atomic E-state index is 13.1. The molecule has 5 rings (SSSR count). The van der Waals surface area contributed by atoms with Gasteiger partial charge >= 0.3 is 0 Å². The van der Waals surface area contributed by atoms with Crippen LogP contribution in [0.2, 0.25) is 0 Å². The summed E-state index contributed by atoms with van der Waals surface area (Å²) in [6.07, 6.45) is 3.36. The highest BCUT2D eigenvalue weighted by Crippen LogP contribution is 2.31. The largest absolute Gasteiger partial charge is 0.497 e. The van der Waals surface area contributed by atoms with E-state index in [9.17, 15) is 4.79 Å². The molecule has 2 aromatic carbocycles. The minimum atomic E-state index is -0.222. The smallest absolute Gasteiger partial charge is 0.277 e. The molecule has 0 saturated carbocycles. The van der Waals surface area contributed by atoms with Crippen molar-refractivity contribution in [2.24, 2.45) is 0 Å². The molecular weight excluding hydrogens is 438 g/mol. The Morgan fingerprint density at radius 1 is 0.882 bits per heavy atom. The van der Waals surface area contributed by atoms with Gasteiger partial charge in [0, 0.05) is 23.5 Å². The van der Waals surface area contributed by atoms with Gasteiger partial charge in [0.1, 0.15) is 17.8 Å². The topological polar surface area (TPSA) is 106 Å². The van der Waals surface area contributed by atoms with Crippen LogP contribution < -0.4 is 19.8 Å². The average Bonchev–Trinajstić information content (AvgIpc) is 3.53. The molecule has 0 saturated heterocycles. The summed E-state index contributed by atoms with van der Waals surface area (Å²) >= 11 is 0. The van der Waals surface area contributed by atoms with Crippen molar-refractivity contribution in [3.8, 4) is 39.9 Å². The number of nitrogens with zero attached hydrogens (tertiary/aromatic N) is 5. The first-order valence-electron chi connectivity index (χ1n) is 10.4. The molecule has 3 aromatic heterocycles. The zero-order valence-corrected chi connectivity index (χ0v) is 18.8. The molecule has 3 heterocycles. The number of methoxy groups -OCH3 is 3. The SMILES string of the molecule is COc1ccc(-c2cc3c(=O)n(Cc4nc(-c5ccc(OC)c(OC)c5)no4)ccn3n2)cc1. The molecule has 0 bridgehead atoms. The van der Waals surface area contributed by atoms with Crippen LogP contribution in [0.25, 0.3) is 28.2 Å². The number of aromatic nitrogens is 5. The molecule has 34 heavy (non-hydrogen) atoms. The van der Waals surface area contributed by atoms with Crippen LogP contribution >= 0.6 is 0 Å². The van der Waals surface area contributed by atoms with Crippen LogP contribution in [-0.4, -0.2) is 45.7 Å². The van der Waals surface area contributed by atoms with E-state index >= 15 is 0 Å². The lowest BCUT2D eigenvalue weighted by molar-refractivity contribution is 0.355. The van der Waals surface area contributed by atoms with E-state index in [4.69, 9.17) is 18.7 Å². The summed E-state index contributed by atoms with van der Waals surface area (Å²) in [4.78, 5) is 17.5. The third-order valence-corrected chi connectivity index (χ3v) is 5.40. The van der Waals surface area contributed by atoms with Gasteiger partial charge in [-0.15, -0.1) is 0 Å². The normalized spacial score (nSPS) is 11.0. The molecule has 10 nitrogen and oxygen atoms in total. The Morgan fingerprint density at radius 3 is 2.38 bits per heavy atom. The monoisotopic (exact) mass is 459 g/mol. The summed E-state index contributed by atoms with van der Waals surface area (Å²) in [6, 6.07) is 14.6. The minimum Gasteiger partial charge on any atom is -0.497 e. The highest BCUT2D eigenvalue weighted by molar-refractivity contribution is 5.66. The summed E-state index contributed by atoms with van der Waals surface area (Å²) < 4.78 is 24.2. The molecule has 5 aromatic rings. The van der Waals surface area contributed by atoms with Crippen molar-refractivity contribution >= 4 is 5.52 Å². The minimum absolute atomic E-state index is 0.124. The van der Waals surface area contributed by atoms with Crippen molar-refractivity contribution in [2.75, 3.05) is 21.3 Å². The van der Waals surface area contributed by atoms with Gasteiger partial charge in [-0.05, 0) is 48.5 Å². The van der Waals surface area contributed by atoms with E-state index in [1.807, 2.05) is 24.3 Å². The molecule has 0 aliphatic heterocycles. The molecule has 10 heteroatoms. The summed E-state index contributed by atoms with van der Waals surface area (Å²) in [7, 11) is 4.74. The molecule has 0 N–H and O–H groups in total. The zero-order valence-electron chi connectivity index (χ0n) is 18.8. The predicted octanol–water partition coefficient (Wildman–Crippen LogP) is 3.29. The standard InChI is InChI=1S/C24H21N5O5/c1-31-17-7-4-15(5-8-17)18-13-19-24(30)28(10-11-29(19)26-18)14-22-25-23(27-34-22)16-6-9-20(32-2)21(12-16)33-3/h4-13H,14H2,1-3H3. The zero-order chi connectivity index (χ0) is 23.7. The number of hydrogen-bond acceptors (Lipinski definition) is 8. The van der Waals surface area contributed by atoms with Crippen molar-refractivity contribution in [2.45, 2.75) is 6.54 Å². The number of fused-ring (bicyclic) bond motifs is 1. The summed E-state index contributed by atoms with van der Waals surface area (Å²) in [5.41, 5.74) is 2.49. The second kappa shape index (κ2) is 8.74. The maximum absolute atomic E-state index is 13.1. The average molecular weight is 459 g/mol. The molecular formula is C24H21N5O5. The molecule has 0 unspecified atom stereocenters. The van der Waals surface area contributed by atoms with E-state index in [1.165, 1.54) is 4.57 Å². The highest BCUT2D eigenvalue weighted by atomic mass is 16.5. The van der Waals surface area contributed by atoms with Crippen molar-refractivity contribution in [1.29, 1.82) is 0 Å². The van der Waals surface area contributed by atoms with E-state index in [-0.39, 0.29) is 12.1 Å². The molecule has 0 aliphatic carbocycles. The van der Waals surface area contributed by atoms with Gasteiger partial charge in [0.05, 0.1) is 27.0 Å². The second-order valence-electron chi connectivity index (χ2n) is 7.40. The van der Waals surface area contributed by atoms with E-state index in [2.05, 4.69) is 15.2 Å². The first kappa shape index (κ1) is 21.3. The van der Waals surface area contributed by atoms with E-state index in [0.29, 0.717) is 40.0 Å². The quantitative estimate of drug-likeness (QED) is 0.365. The number of ether oxygens (including phenoxy) is 3. The van der Waals surface area contributed by atoms with E-state index in [0.717, 1.165) is 11.3 Å². The molecule has 172 valence electrons.